The van der Waals surface area contributed by atoms with Crippen LogP contribution in [0.2, 0.25) is 5.02 Å². The summed E-state index contributed by atoms with van der Waals surface area (Å²) in [7, 11) is 0. The Morgan fingerprint density at radius 3 is 2.30 bits per heavy atom. The van der Waals surface area contributed by atoms with Gasteiger partial charge in [-0.3, -0.25) is 4.79 Å². The summed E-state index contributed by atoms with van der Waals surface area (Å²) in [5.74, 6) is -4.35. The molecule has 0 aliphatic heterocycles. The van der Waals surface area contributed by atoms with Gasteiger partial charge in [0.15, 0.2) is 11.6 Å². The normalized spacial score (nSPS) is 10.4. The van der Waals surface area contributed by atoms with Gasteiger partial charge in [0.05, 0.1) is 5.69 Å². The van der Waals surface area contributed by atoms with Crippen molar-refractivity contribution in [2.75, 3.05) is 5.32 Å². The number of hydrogen-bond donors (Lipinski definition) is 1. The first-order valence-corrected chi connectivity index (χ1v) is 6.46. The Kier molecular flexibility index (Phi) is 4.35. The van der Waals surface area contributed by atoms with E-state index in [0.29, 0.717) is 21.6 Å². The molecule has 0 aliphatic carbocycles. The summed E-state index contributed by atoms with van der Waals surface area (Å²) < 4.78 is 39.8. The number of amides is 1. The van der Waals surface area contributed by atoms with Gasteiger partial charge in [-0.15, -0.1) is 0 Å². The summed E-state index contributed by atoms with van der Waals surface area (Å²) >= 11 is 8.94. The molecule has 0 saturated carbocycles. The first-order valence-electron chi connectivity index (χ1n) is 5.29. The minimum Gasteiger partial charge on any atom is -0.319 e. The van der Waals surface area contributed by atoms with Crippen molar-refractivity contribution in [2.24, 2.45) is 0 Å². The quantitative estimate of drug-likeness (QED) is 0.764. The molecule has 0 bridgehead atoms. The summed E-state index contributed by atoms with van der Waals surface area (Å²) in [4.78, 5) is 11.9. The Balaban J connectivity index is 2.30. The van der Waals surface area contributed by atoms with E-state index in [1.54, 1.807) is 6.07 Å². The van der Waals surface area contributed by atoms with Crippen LogP contribution in [0.3, 0.4) is 0 Å². The summed E-state index contributed by atoms with van der Waals surface area (Å²) in [6.45, 7) is 0. The molecule has 2 rings (SSSR count). The maximum absolute atomic E-state index is 13.4. The van der Waals surface area contributed by atoms with Crippen LogP contribution in [0.4, 0.5) is 18.9 Å². The molecule has 0 radical (unpaired) electrons. The van der Waals surface area contributed by atoms with E-state index in [1.807, 2.05) is 0 Å². The van der Waals surface area contributed by atoms with Crippen molar-refractivity contribution >= 4 is 39.1 Å². The third-order valence-corrected chi connectivity index (χ3v) is 3.06. The predicted octanol–water partition coefficient (Wildman–Crippen LogP) is 4.77. The van der Waals surface area contributed by atoms with Crippen LogP contribution in [-0.4, -0.2) is 5.91 Å². The second-order valence-electron chi connectivity index (χ2n) is 3.86. The highest BCUT2D eigenvalue weighted by Gasteiger charge is 2.14. The average Bonchev–Trinajstić information content (AvgIpc) is 2.34. The third kappa shape index (κ3) is 3.32. The maximum Gasteiger partial charge on any atom is 0.255 e. The van der Waals surface area contributed by atoms with E-state index in [1.165, 1.54) is 12.1 Å². The van der Waals surface area contributed by atoms with Crippen LogP contribution in [0.15, 0.2) is 34.8 Å². The molecule has 0 atom stereocenters. The fourth-order valence-electron chi connectivity index (χ4n) is 1.50. The minimum absolute atomic E-state index is 0.147. The van der Waals surface area contributed by atoms with E-state index in [4.69, 9.17) is 11.6 Å². The Bertz CT molecular complexity index is 673. The van der Waals surface area contributed by atoms with Crippen molar-refractivity contribution in [2.45, 2.75) is 0 Å². The molecular weight excluding hydrogens is 358 g/mol. The second kappa shape index (κ2) is 5.85. The van der Waals surface area contributed by atoms with Crippen LogP contribution in [0.1, 0.15) is 10.4 Å². The fraction of sp³-hybridized carbons (Fsp3) is 0. The van der Waals surface area contributed by atoms with Crippen molar-refractivity contribution < 1.29 is 18.0 Å². The number of nitrogens with one attached hydrogen (secondary N) is 1. The molecular formula is C13H6BrClF3NO. The molecule has 1 amide bonds. The van der Waals surface area contributed by atoms with Crippen molar-refractivity contribution in [1.29, 1.82) is 0 Å². The molecule has 0 heterocycles. The zero-order valence-electron chi connectivity index (χ0n) is 9.68. The van der Waals surface area contributed by atoms with Crippen molar-refractivity contribution in [3.05, 3.63) is 62.8 Å². The highest BCUT2D eigenvalue weighted by atomic mass is 79.9. The number of anilines is 1. The van der Waals surface area contributed by atoms with Crippen molar-refractivity contribution in [3.8, 4) is 0 Å². The minimum atomic E-state index is -1.33. The lowest BCUT2D eigenvalue weighted by Gasteiger charge is -2.08. The number of benzene rings is 2. The van der Waals surface area contributed by atoms with Gasteiger partial charge in [0.1, 0.15) is 5.82 Å². The molecule has 0 fully saturated rings. The Labute approximate surface area is 125 Å². The first-order chi connectivity index (χ1) is 9.36. The van der Waals surface area contributed by atoms with Crippen LogP contribution in [-0.2, 0) is 0 Å². The molecule has 20 heavy (non-hydrogen) atoms. The van der Waals surface area contributed by atoms with Crippen molar-refractivity contribution in [1.82, 2.24) is 0 Å². The Morgan fingerprint density at radius 2 is 1.65 bits per heavy atom. The van der Waals surface area contributed by atoms with Crippen molar-refractivity contribution in [3.63, 3.8) is 0 Å². The highest BCUT2D eigenvalue weighted by molar-refractivity contribution is 9.10. The van der Waals surface area contributed by atoms with Gasteiger partial charge in [-0.1, -0.05) is 27.5 Å². The number of rotatable bonds is 2. The lowest BCUT2D eigenvalue weighted by Crippen LogP contribution is -2.13. The fourth-order valence-corrected chi connectivity index (χ4v) is 2.36. The van der Waals surface area contributed by atoms with Gasteiger partial charge in [-0.05, 0) is 18.2 Å². The van der Waals surface area contributed by atoms with Gasteiger partial charge in [0, 0.05) is 27.2 Å². The zero-order valence-corrected chi connectivity index (χ0v) is 12.0. The van der Waals surface area contributed by atoms with Gasteiger partial charge >= 0.3 is 0 Å². The molecule has 104 valence electrons. The maximum atomic E-state index is 13.4. The van der Waals surface area contributed by atoms with E-state index in [9.17, 15) is 18.0 Å². The standard InChI is InChI=1S/C13H6BrClF3NO/c14-7-1-6(2-8(15)3-7)13(20)19-12-5-10(17)9(16)4-11(12)18/h1-5H,(H,19,20). The lowest BCUT2D eigenvalue weighted by molar-refractivity contribution is 0.102. The van der Waals surface area contributed by atoms with Gasteiger partial charge in [-0.25, -0.2) is 13.2 Å². The number of halogens is 5. The Morgan fingerprint density at radius 1 is 1.00 bits per heavy atom. The molecule has 0 saturated heterocycles. The van der Waals surface area contributed by atoms with Crippen LogP contribution < -0.4 is 5.32 Å². The average molecular weight is 365 g/mol. The molecule has 1 N–H and O–H groups in total. The van der Waals surface area contributed by atoms with E-state index in [2.05, 4.69) is 21.2 Å². The summed E-state index contributed by atoms with van der Waals surface area (Å²) in [6, 6.07) is 5.32. The third-order valence-electron chi connectivity index (χ3n) is 2.38. The van der Waals surface area contributed by atoms with Crippen LogP contribution in [0.25, 0.3) is 0 Å². The molecule has 7 heteroatoms. The SMILES string of the molecule is O=C(Nc1cc(F)c(F)cc1F)c1cc(Cl)cc(Br)c1. The topological polar surface area (TPSA) is 29.1 Å². The number of hydrogen-bond acceptors (Lipinski definition) is 1. The highest BCUT2D eigenvalue weighted by Crippen LogP contribution is 2.22. The molecule has 0 aliphatic rings. The molecule has 0 aromatic heterocycles. The van der Waals surface area contributed by atoms with E-state index in [-0.39, 0.29) is 5.56 Å². The monoisotopic (exact) mass is 363 g/mol. The van der Waals surface area contributed by atoms with Gasteiger partial charge < -0.3 is 5.32 Å². The molecule has 2 aromatic rings. The molecule has 0 spiro atoms. The number of carbonyl (C=O) groups is 1. The summed E-state index contributed by atoms with van der Waals surface area (Å²) in [6.07, 6.45) is 0. The van der Waals surface area contributed by atoms with Gasteiger partial charge in [0.25, 0.3) is 5.91 Å². The molecule has 0 unspecified atom stereocenters. The summed E-state index contributed by atoms with van der Waals surface area (Å²) in [5.41, 5.74) is -0.307. The molecule has 2 aromatic carbocycles. The van der Waals surface area contributed by atoms with Crippen LogP contribution in [0.5, 0.6) is 0 Å². The smallest absolute Gasteiger partial charge is 0.255 e. The van der Waals surface area contributed by atoms with Crippen LogP contribution >= 0.6 is 27.5 Å². The lowest BCUT2D eigenvalue weighted by atomic mass is 10.2. The van der Waals surface area contributed by atoms with Gasteiger partial charge in [-0.2, -0.15) is 0 Å². The van der Waals surface area contributed by atoms with E-state index >= 15 is 0 Å². The summed E-state index contributed by atoms with van der Waals surface area (Å²) in [5, 5.41) is 2.45. The largest absolute Gasteiger partial charge is 0.319 e. The predicted molar refractivity (Wildman–Crippen MR) is 73.4 cm³/mol. The van der Waals surface area contributed by atoms with E-state index < -0.39 is 29.0 Å². The zero-order chi connectivity index (χ0) is 14.9. The first kappa shape index (κ1) is 14.9. The van der Waals surface area contributed by atoms with E-state index in [0.717, 1.165) is 0 Å². The molecule has 2 nitrogen and oxygen atoms in total. The van der Waals surface area contributed by atoms with Gasteiger partial charge in [0.2, 0.25) is 0 Å². The Hall–Kier alpha value is -1.53. The second-order valence-corrected chi connectivity index (χ2v) is 5.21. The van der Waals surface area contributed by atoms with Crippen LogP contribution in [0, 0.1) is 17.5 Å². The number of carbonyl (C=O) groups excluding carboxylic acids is 1.